The van der Waals surface area contributed by atoms with Crippen molar-refractivity contribution in [2.24, 2.45) is 11.7 Å². The van der Waals surface area contributed by atoms with Crippen molar-refractivity contribution in [3.8, 4) is 5.75 Å². The largest absolute Gasteiger partial charge is 0.507 e. The molecule has 0 bridgehead atoms. The molecule has 1 amide bonds. The Labute approximate surface area is 114 Å². The van der Waals surface area contributed by atoms with Crippen molar-refractivity contribution in [3.63, 3.8) is 0 Å². The molecule has 1 aromatic carbocycles. The van der Waals surface area contributed by atoms with Crippen molar-refractivity contribution in [3.05, 3.63) is 27.3 Å². The van der Waals surface area contributed by atoms with Crippen molar-refractivity contribution >= 4 is 28.5 Å². The number of amides is 1. The van der Waals surface area contributed by atoms with Gasteiger partial charge in [-0.3, -0.25) is 4.79 Å². The molecule has 0 saturated heterocycles. The second kappa shape index (κ2) is 5.22. The molecule has 17 heavy (non-hydrogen) atoms. The molecule has 1 aliphatic rings. The number of carbonyl (C=O) groups is 1. The van der Waals surface area contributed by atoms with E-state index in [1.54, 1.807) is 12.1 Å². The van der Waals surface area contributed by atoms with E-state index in [9.17, 15) is 9.90 Å². The average molecular weight is 346 g/mol. The van der Waals surface area contributed by atoms with E-state index in [1.165, 1.54) is 18.9 Å². The van der Waals surface area contributed by atoms with Gasteiger partial charge in [0.1, 0.15) is 5.75 Å². The Hall–Kier alpha value is -0.820. The Kier molecular flexibility index (Phi) is 3.88. The van der Waals surface area contributed by atoms with Gasteiger partial charge in [-0.25, -0.2) is 0 Å². The zero-order valence-electron chi connectivity index (χ0n) is 9.32. The van der Waals surface area contributed by atoms with Crippen LogP contribution in [0.25, 0.3) is 0 Å². The van der Waals surface area contributed by atoms with E-state index < -0.39 is 0 Å². The van der Waals surface area contributed by atoms with Gasteiger partial charge in [0.25, 0.3) is 5.91 Å². The zero-order valence-corrected chi connectivity index (χ0v) is 11.5. The molecule has 0 spiro atoms. The molecule has 0 aromatic heterocycles. The maximum absolute atomic E-state index is 11.8. The molecule has 4 N–H and O–H groups in total. The number of phenols is 1. The van der Waals surface area contributed by atoms with Crippen molar-refractivity contribution in [2.75, 3.05) is 6.54 Å². The molecule has 1 unspecified atom stereocenters. The van der Waals surface area contributed by atoms with Gasteiger partial charge in [-0.2, -0.15) is 0 Å². The van der Waals surface area contributed by atoms with Gasteiger partial charge in [-0.05, 0) is 59.5 Å². The van der Waals surface area contributed by atoms with Crippen LogP contribution in [0.2, 0.25) is 0 Å². The molecule has 1 aromatic rings. The Morgan fingerprint density at radius 2 is 2.29 bits per heavy atom. The lowest BCUT2D eigenvalue weighted by Gasteiger charge is -2.11. The molecule has 0 heterocycles. The van der Waals surface area contributed by atoms with Crippen molar-refractivity contribution in [1.29, 1.82) is 0 Å². The summed E-state index contributed by atoms with van der Waals surface area (Å²) in [6, 6.07) is 4.93. The number of phenolic OH excluding ortho intramolecular Hbond substituents is 1. The monoisotopic (exact) mass is 346 g/mol. The molecule has 1 fully saturated rings. The molecule has 1 atom stereocenters. The minimum atomic E-state index is -0.187. The smallest absolute Gasteiger partial charge is 0.251 e. The van der Waals surface area contributed by atoms with Crippen LogP contribution < -0.4 is 11.1 Å². The molecule has 1 saturated carbocycles. The summed E-state index contributed by atoms with van der Waals surface area (Å²) in [5.41, 5.74) is 6.36. The molecule has 4 nitrogen and oxygen atoms in total. The zero-order chi connectivity index (χ0) is 12.4. The summed E-state index contributed by atoms with van der Waals surface area (Å²) in [7, 11) is 0. The van der Waals surface area contributed by atoms with Crippen molar-refractivity contribution in [1.82, 2.24) is 5.32 Å². The lowest BCUT2D eigenvalue weighted by molar-refractivity contribution is 0.0950. The second-order valence-corrected chi connectivity index (χ2v) is 5.54. The van der Waals surface area contributed by atoms with Gasteiger partial charge in [-0.15, -0.1) is 0 Å². The number of nitrogens with one attached hydrogen (secondary N) is 1. The first kappa shape index (κ1) is 12.6. The summed E-state index contributed by atoms with van der Waals surface area (Å²) < 4.78 is 0.730. The average Bonchev–Trinajstić information content (AvgIpc) is 3.13. The van der Waals surface area contributed by atoms with E-state index in [0.29, 0.717) is 18.0 Å². The fraction of sp³-hybridized carbons (Fsp3) is 0.417. The Morgan fingerprint density at radius 1 is 1.59 bits per heavy atom. The molecule has 5 heteroatoms. The topological polar surface area (TPSA) is 75.3 Å². The Balaban J connectivity index is 1.92. The standard InChI is InChI=1S/C12H15IN2O2/c13-9-4-3-8(5-11(9)16)12(17)15-6-10(14)7-1-2-7/h3-5,7,10,16H,1-2,6,14H2,(H,15,17). The van der Waals surface area contributed by atoms with Gasteiger partial charge in [0.15, 0.2) is 0 Å². The summed E-state index contributed by atoms with van der Waals surface area (Å²) in [5.74, 6) is 0.512. The maximum Gasteiger partial charge on any atom is 0.251 e. The van der Waals surface area contributed by atoms with E-state index in [2.05, 4.69) is 5.32 Å². The highest BCUT2D eigenvalue weighted by atomic mass is 127. The maximum atomic E-state index is 11.8. The van der Waals surface area contributed by atoms with Gasteiger partial charge in [-0.1, -0.05) is 0 Å². The number of nitrogens with two attached hydrogens (primary N) is 1. The number of halogens is 1. The van der Waals surface area contributed by atoms with Crippen LogP contribution in [-0.2, 0) is 0 Å². The van der Waals surface area contributed by atoms with E-state index >= 15 is 0 Å². The molecular weight excluding hydrogens is 331 g/mol. The van der Waals surface area contributed by atoms with Crippen molar-refractivity contribution < 1.29 is 9.90 Å². The number of hydrogen-bond donors (Lipinski definition) is 3. The van der Waals surface area contributed by atoms with Crippen LogP contribution in [0, 0.1) is 9.49 Å². The minimum Gasteiger partial charge on any atom is -0.507 e. The van der Waals surface area contributed by atoms with Crippen LogP contribution in [0.15, 0.2) is 18.2 Å². The van der Waals surface area contributed by atoms with Crippen LogP contribution in [0.1, 0.15) is 23.2 Å². The van der Waals surface area contributed by atoms with Gasteiger partial charge >= 0.3 is 0 Å². The fourth-order valence-electron chi connectivity index (χ4n) is 1.66. The predicted molar refractivity (Wildman–Crippen MR) is 73.9 cm³/mol. The van der Waals surface area contributed by atoms with Gasteiger partial charge in [0.05, 0.1) is 3.57 Å². The summed E-state index contributed by atoms with van der Waals surface area (Å²) >= 11 is 2.01. The first-order chi connectivity index (χ1) is 8.08. The van der Waals surface area contributed by atoms with Crippen LogP contribution in [0.4, 0.5) is 0 Å². The molecule has 0 aliphatic heterocycles. The number of rotatable bonds is 4. The van der Waals surface area contributed by atoms with Crippen LogP contribution in [-0.4, -0.2) is 23.6 Å². The summed E-state index contributed by atoms with van der Waals surface area (Å²) in [5, 5.41) is 12.3. The lowest BCUT2D eigenvalue weighted by Crippen LogP contribution is -2.38. The number of hydrogen-bond acceptors (Lipinski definition) is 3. The number of benzene rings is 1. The first-order valence-corrected chi connectivity index (χ1v) is 6.68. The molecule has 2 rings (SSSR count). The highest BCUT2D eigenvalue weighted by Crippen LogP contribution is 2.31. The third-order valence-electron chi connectivity index (χ3n) is 2.93. The minimum absolute atomic E-state index is 0.0522. The van der Waals surface area contributed by atoms with Gasteiger partial charge < -0.3 is 16.2 Å². The van der Waals surface area contributed by atoms with E-state index in [0.717, 1.165) is 3.57 Å². The quantitative estimate of drug-likeness (QED) is 0.723. The normalized spacial score (nSPS) is 16.6. The third kappa shape index (κ3) is 3.32. The van der Waals surface area contributed by atoms with E-state index in [1.807, 2.05) is 22.6 Å². The van der Waals surface area contributed by atoms with E-state index in [4.69, 9.17) is 5.73 Å². The lowest BCUT2D eigenvalue weighted by atomic mass is 10.1. The number of aromatic hydroxyl groups is 1. The molecule has 1 aliphatic carbocycles. The first-order valence-electron chi connectivity index (χ1n) is 5.60. The predicted octanol–water partition coefficient (Wildman–Crippen LogP) is 1.46. The SMILES string of the molecule is NC(CNC(=O)c1ccc(I)c(O)c1)C1CC1. The van der Waals surface area contributed by atoms with Gasteiger partial charge in [0.2, 0.25) is 0 Å². The Bertz CT molecular complexity index is 433. The van der Waals surface area contributed by atoms with Crippen LogP contribution >= 0.6 is 22.6 Å². The molecular formula is C12H15IN2O2. The second-order valence-electron chi connectivity index (χ2n) is 4.38. The summed E-state index contributed by atoms with van der Waals surface area (Å²) in [6.07, 6.45) is 2.34. The van der Waals surface area contributed by atoms with Crippen LogP contribution in [0.5, 0.6) is 5.75 Å². The summed E-state index contributed by atoms with van der Waals surface area (Å²) in [4.78, 5) is 11.8. The molecule has 92 valence electrons. The third-order valence-corrected chi connectivity index (χ3v) is 3.85. The molecule has 0 radical (unpaired) electrons. The fourth-order valence-corrected chi connectivity index (χ4v) is 1.99. The number of carbonyl (C=O) groups excluding carboxylic acids is 1. The Morgan fingerprint density at radius 3 is 2.88 bits per heavy atom. The van der Waals surface area contributed by atoms with Crippen molar-refractivity contribution in [2.45, 2.75) is 18.9 Å². The van der Waals surface area contributed by atoms with Gasteiger partial charge in [0, 0.05) is 18.2 Å². The van der Waals surface area contributed by atoms with Crippen LogP contribution in [0.3, 0.4) is 0 Å². The highest BCUT2D eigenvalue weighted by molar-refractivity contribution is 14.1. The highest BCUT2D eigenvalue weighted by Gasteiger charge is 2.28. The van der Waals surface area contributed by atoms with E-state index in [-0.39, 0.29) is 17.7 Å². The summed E-state index contributed by atoms with van der Waals surface area (Å²) in [6.45, 7) is 0.496.